The third kappa shape index (κ3) is 18.1. The number of ether oxygens (including phenoxy) is 1. The van der Waals surface area contributed by atoms with Gasteiger partial charge in [0, 0.05) is 31.1 Å². The van der Waals surface area contributed by atoms with Gasteiger partial charge < -0.3 is 20.3 Å². The number of likely N-dealkylation sites (tertiary alicyclic amines) is 1. The molecule has 0 bridgehead atoms. The van der Waals surface area contributed by atoms with E-state index >= 15 is 0 Å². The van der Waals surface area contributed by atoms with Gasteiger partial charge >= 0.3 is 0 Å². The van der Waals surface area contributed by atoms with Crippen LogP contribution in [-0.4, -0.2) is 78.0 Å². The van der Waals surface area contributed by atoms with E-state index in [2.05, 4.69) is 15.5 Å². The molecule has 0 aromatic heterocycles. The van der Waals surface area contributed by atoms with Crippen LogP contribution >= 0.6 is 0 Å². The Bertz CT molecular complexity index is 1600. The van der Waals surface area contributed by atoms with Crippen LogP contribution < -0.4 is 10.6 Å². The Morgan fingerprint density at radius 2 is 1.20 bits per heavy atom. The quantitative estimate of drug-likeness (QED) is 0.0595. The molecule has 2 aliphatic rings. The van der Waals surface area contributed by atoms with Gasteiger partial charge in [-0.1, -0.05) is 127 Å². The minimum Gasteiger partial charge on any atom is -0.361 e. The number of nitrogens with one attached hydrogen (secondary N) is 2. The van der Waals surface area contributed by atoms with Gasteiger partial charge in [0.2, 0.25) is 11.8 Å². The van der Waals surface area contributed by atoms with Crippen LogP contribution in [0.25, 0.3) is 0 Å². The van der Waals surface area contributed by atoms with Crippen molar-refractivity contribution in [3.8, 4) is 0 Å². The maximum Gasteiger partial charge on any atom is 0.224 e. The highest BCUT2D eigenvalue weighted by molar-refractivity contribution is 5.98. The number of piperidine rings is 1. The molecule has 2 aromatic rings. The van der Waals surface area contributed by atoms with Crippen LogP contribution in [0.4, 0.5) is 0 Å². The first kappa shape index (κ1) is 49.0. The van der Waals surface area contributed by atoms with E-state index in [9.17, 15) is 24.0 Å². The minimum absolute atomic E-state index is 0.0898. The van der Waals surface area contributed by atoms with Crippen molar-refractivity contribution < 1.29 is 28.7 Å². The summed E-state index contributed by atoms with van der Waals surface area (Å²) < 4.78 is 5.46. The summed E-state index contributed by atoms with van der Waals surface area (Å²) in [5.74, 6) is -2.01. The molecule has 9 nitrogen and oxygen atoms in total. The van der Waals surface area contributed by atoms with Gasteiger partial charge in [0.15, 0.2) is 11.6 Å². The van der Waals surface area contributed by atoms with E-state index in [0.29, 0.717) is 45.1 Å². The first-order valence-corrected chi connectivity index (χ1v) is 23.5. The number of nitrogens with zero attached hydrogens (tertiary/aromatic N) is 1. The van der Waals surface area contributed by atoms with E-state index in [-0.39, 0.29) is 53.8 Å². The van der Waals surface area contributed by atoms with E-state index < -0.39 is 29.5 Å². The number of amides is 2. The molecule has 5 atom stereocenters. The van der Waals surface area contributed by atoms with Gasteiger partial charge in [-0.3, -0.25) is 24.0 Å². The van der Waals surface area contributed by atoms with Crippen molar-refractivity contribution in [3.05, 3.63) is 71.8 Å². The second-order valence-electron chi connectivity index (χ2n) is 18.9. The molecule has 1 unspecified atom stereocenters. The first-order valence-electron chi connectivity index (χ1n) is 23.5. The summed E-state index contributed by atoms with van der Waals surface area (Å²) in [7, 11) is 0. The maximum atomic E-state index is 14.3. The van der Waals surface area contributed by atoms with E-state index in [1.807, 2.05) is 88.4 Å². The van der Waals surface area contributed by atoms with Crippen molar-refractivity contribution in [2.24, 2.45) is 23.7 Å². The molecule has 0 aliphatic carbocycles. The number of hydrogen-bond donors (Lipinski definition) is 2. The summed E-state index contributed by atoms with van der Waals surface area (Å²) in [6.45, 7) is 13.9. The molecule has 2 saturated heterocycles. The van der Waals surface area contributed by atoms with Gasteiger partial charge in [-0.05, 0) is 107 Å². The topological polar surface area (TPSA) is 125 Å². The number of aryl methyl sites for hydroxylation is 1. The van der Waals surface area contributed by atoms with Crippen LogP contribution in [0.2, 0.25) is 0 Å². The molecule has 2 aliphatic heterocycles. The number of carbonyl (C=O) groups excluding carboxylic acids is 5. The molecule has 2 N–H and O–H groups in total. The molecule has 9 heteroatoms. The fourth-order valence-corrected chi connectivity index (χ4v) is 8.60. The normalized spacial score (nSPS) is 18.7. The van der Waals surface area contributed by atoms with Crippen LogP contribution in [0.3, 0.4) is 0 Å². The predicted molar refractivity (Wildman–Crippen MR) is 240 cm³/mol. The Kier molecular flexibility index (Phi) is 21.2. The highest BCUT2D eigenvalue weighted by atomic mass is 16.6. The molecule has 4 rings (SSSR count). The molecule has 0 spiro atoms. The molecule has 2 fully saturated rings. The van der Waals surface area contributed by atoms with Gasteiger partial charge in [0.1, 0.15) is 11.4 Å². The highest BCUT2D eigenvalue weighted by Crippen LogP contribution is 2.30. The predicted octanol–water partition coefficient (Wildman–Crippen LogP) is 9.04. The second kappa shape index (κ2) is 25.9. The highest BCUT2D eigenvalue weighted by Gasteiger charge is 2.50. The minimum atomic E-state index is -0.894. The Hall–Kier alpha value is -3.69. The Balaban J connectivity index is 1.37. The maximum absolute atomic E-state index is 14.3. The first-order chi connectivity index (χ1) is 28.8. The Labute approximate surface area is 361 Å². The van der Waals surface area contributed by atoms with Crippen molar-refractivity contribution in [1.82, 2.24) is 15.5 Å². The van der Waals surface area contributed by atoms with E-state index in [4.69, 9.17) is 4.74 Å². The van der Waals surface area contributed by atoms with Crippen molar-refractivity contribution in [3.63, 3.8) is 0 Å². The number of ketones is 3. The molecular weight excluding hydrogens is 751 g/mol. The molecule has 2 amide bonds. The standard InChI is InChI=1S/C51H77N3O6/c1-38(2)32-45(47(56)36-43(34-41-24-16-12-17-25-41)50(59)53-46(33-39(3)4)48(57)51(5)37-60-51)52-49(58)42(28-27-40-22-14-11-15-23-40)35-44(55)26-18-9-7-6-8-10-19-29-54-30-20-13-21-31-54/h11-12,14-17,22-25,38-39,42-43,45-46H,6-10,13,18-21,26-37H2,1-5H3,(H,52,58)(H,53,59)/t42?,43-,45+,46+,51-/m1/s1. The van der Waals surface area contributed by atoms with Crippen LogP contribution in [0.5, 0.6) is 0 Å². The van der Waals surface area contributed by atoms with Crippen LogP contribution in [-0.2, 0) is 41.6 Å². The number of benzene rings is 2. The Morgan fingerprint density at radius 3 is 1.80 bits per heavy atom. The third-order valence-electron chi connectivity index (χ3n) is 12.3. The zero-order valence-electron chi connectivity index (χ0n) is 37.7. The molecule has 60 heavy (non-hydrogen) atoms. The van der Waals surface area contributed by atoms with Crippen molar-refractivity contribution in [2.45, 2.75) is 168 Å². The molecule has 332 valence electrons. The Morgan fingerprint density at radius 1 is 0.667 bits per heavy atom. The number of unbranched alkanes of at least 4 members (excludes halogenated alkanes) is 6. The average molecular weight is 828 g/mol. The fourth-order valence-electron chi connectivity index (χ4n) is 8.60. The largest absolute Gasteiger partial charge is 0.361 e. The van der Waals surface area contributed by atoms with E-state index in [1.54, 1.807) is 6.92 Å². The average Bonchev–Trinajstić information content (AvgIpc) is 3.99. The van der Waals surface area contributed by atoms with Crippen LogP contribution in [0.15, 0.2) is 60.7 Å². The van der Waals surface area contributed by atoms with E-state index in [0.717, 1.165) is 30.4 Å². The van der Waals surface area contributed by atoms with Gasteiger partial charge in [-0.2, -0.15) is 0 Å². The second-order valence-corrected chi connectivity index (χ2v) is 18.9. The summed E-state index contributed by atoms with van der Waals surface area (Å²) >= 11 is 0. The summed E-state index contributed by atoms with van der Waals surface area (Å²) in [4.78, 5) is 72.1. The number of epoxide rings is 1. The fraction of sp³-hybridized carbons (Fsp3) is 0.667. The molecule has 2 heterocycles. The zero-order chi connectivity index (χ0) is 43.3. The van der Waals surface area contributed by atoms with Crippen molar-refractivity contribution in [2.75, 3.05) is 26.2 Å². The number of rotatable bonds is 30. The zero-order valence-corrected chi connectivity index (χ0v) is 37.7. The lowest BCUT2D eigenvalue weighted by Gasteiger charge is -2.27. The smallest absolute Gasteiger partial charge is 0.224 e. The summed E-state index contributed by atoms with van der Waals surface area (Å²) in [6, 6.07) is 18.0. The van der Waals surface area contributed by atoms with Crippen LogP contribution in [0, 0.1) is 23.7 Å². The molecule has 0 saturated carbocycles. The van der Waals surface area contributed by atoms with Gasteiger partial charge in [-0.25, -0.2) is 0 Å². The van der Waals surface area contributed by atoms with Crippen molar-refractivity contribution >= 4 is 29.2 Å². The van der Waals surface area contributed by atoms with Crippen molar-refractivity contribution in [1.29, 1.82) is 0 Å². The molecule has 0 radical (unpaired) electrons. The monoisotopic (exact) mass is 828 g/mol. The van der Waals surface area contributed by atoms with Gasteiger partial charge in [0.05, 0.1) is 18.7 Å². The van der Waals surface area contributed by atoms with Gasteiger partial charge in [-0.15, -0.1) is 0 Å². The van der Waals surface area contributed by atoms with Gasteiger partial charge in [0.25, 0.3) is 0 Å². The summed E-state index contributed by atoms with van der Waals surface area (Å²) in [5.41, 5.74) is 1.11. The molecular formula is C51H77N3O6. The third-order valence-corrected chi connectivity index (χ3v) is 12.3. The lowest BCUT2D eigenvalue weighted by Crippen LogP contribution is -2.50. The molecule has 2 aromatic carbocycles. The SMILES string of the molecule is CC(C)C[C@H](NC(=O)C(CCc1ccccc1)CC(=O)CCCCCCCCCN1CCCCC1)C(=O)C[C@@H](Cc1ccccc1)C(=O)N[C@@H](CC(C)C)C(=O)[C@@]1(C)CO1. The lowest BCUT2D eigenvalue weighted by molar-refractivity contribution is -0.135. The number of carbonyl (C=O) groups is 5. The van der Waals surface area contributed by atoms with E-state index in [1.165, 1.54) is 64.6 Å². The summed E-state index contributed by atoms with van der Waals surface area (Å²) in [5, 5.41) is 6.10. The summed E-state index contributed by atoms with van der Waals surface area (Å²) in [6.07, 6.45) is 14.8. The lowest BCUT2D eigenvalue weighted by atomic mass is 9.87. The number of hydrogen-bond acceptors (Lipinski definition) is 7. The van der Waals surface area contributed by atoms with Crippen LogP contribution in [0.1, 0.15) is 148 Å². The number of Topliss-reactive ketones (excluding diaryl/α,β-unsaturated/α-hetero) is 3.